The van der Waals surface area contributed by atoms with E-state index < -0.39 is 6.04 Å². The standard InChI is InChI=1S/C13H16N2O5/c1-18-8-3-4-11(19-2)9(5-8)15-13(17)10-6-20-7-12(16)14-10/h3-5,10H,6-7H2,1-2H3,(H,14,16)(H,15,17). The van der Waals surface area contributed by atoms with E-state index in [1.165, 1.54) is 14.2 Å². The molecule has 108 valence electrons. The molecular formula is C13H16N2O5. The maximum atomic E-state index is 12.1. The lowest BCUT2D eigenvalue weighted by Gasteiger charge is -2.23. The SMILES string of the molecule is COc1ccc(OC)c(NC(=O)C2COCC(=O)N2)c1. The van der Waals surface area contributed by atoms with Crippen LogP contribution in [0.1, 0.15) is 0 Å². The molecule has 7 nitrogen and oxygen atoms in total. The molecule has 7 heteroatoms. The Bertz CT molecular complexity index is 517. The van der Waals surface area contributed by atoms with Crippen molar-refractivity contribution < 1.29 is 23.8 Å². The van der Waals surface area contributed by atoms with Crippen LogP contribution in [0.15, 0.2) is 18.2 Å². The number of methoxy groups -OCH3 is 2. The molecule has 20 heavy (non-hydrogen) atoms. The molecule has 0 bridgehead atoms. The summed E-state index contributed by atoms with van der Waals surface area (Å²) >= 11 is 0. The van der Waals surface area contributed by atoms with Crippen molar-refractivity contribution in [1.82, 2.24) is 5.32 Å². The zero-order valence-corrected chi connectivity index (χ0v) is 11.3. The van der Waals surface area contributed by atoms with Crippen LogP contribution >= 0.6 is 0 Å². The van der Waals surface area contributed by atoms with E-state index in [2.05, 4.69) is 10.6 Å². The summed E-state index contributed by atoms with van der Waals surface area (Å²) in [5.41, 5.74) is 0.469. The topological polar surface area (TPSA) is 85.9 Å². The van der Waals surface area contributed by atoms with Gasteiger partial charge in [0.2, 0.25) is 11.8 Å². The van der Waals surface area contributed by atoms with Crippen molar-refractivity contribution in [3.05, 3.63) is 18.2 Å². The van der Waals surface area contributed by atoms with Crippen molar-refractivity contribution >= 4 is 17.5 Å². The lowest BCUT2D eigenvalue weighted by molar-refractivity contribution is -0.136. The molecular weight excluding hydrogens is 264 g/mol. The van der Waals surface area contributed by atoms with Gasteiger partial charge in [0.25, 0.3) is 0 Å². The van der Waals surface area contributed by atoms with Crippen molar-refractivity contribution in [3.63, 3.8) is 0 Å². The monoisotopic (exact) mass is 280 g/mol. The zero-order chi connectivity index (χ0) is 14.5. The molecule has 0 saturated carbocycles. The molecule has 0 aliphatic carbocycles. The maximum absolute atomic E-state index is 12.1. The Morgan fingerprint density at radius 3 is 2.85 bits per heavy atom. The number of carbonyl (C=O) groups excluding carboxylic acids is 2. The zero-order valence-electron chi connectivity index (χ0n) is 11.3. The van der Waals surface area contributed by atoms with Crippen molar-refractivity contribution in [2.45, 2.75) is 6.04 Å². The van der Waals surface area contributed by atoms with Crippen LogP contribution in [0.25, 0.3) is 0 Å². The van der Waals surface area contributed by atoms with E-state index in [-0.39, 0.29) is 25.0 Å². The number of morpholine rings is 1. The summed E-state index contributed by atoms with van der Waals surface area (Å²) in [5, 5.41) is 5.24. The first-order chi connectivity index (χ1) is 9.63. The molecule has 0 aromatic heterocycles. The Labute approximate surface area is 116 Å². The van der Waals surface area contributed by atoms with Gasteiger partial charge in [0.15, 0.2) is 0 Å². The predicted octanol–water partition coefficient (Wildman–Crippen LogP) is 0.157. The quantitative estimate of drug-likeness (QED) is 0.820. The van der Waals surface area contributed by atoms with Crippen LogP contribution in [0, 0.1) is 0 Å². The summed E-state index contributed by atoms with van der Waals surface area (Å²) in [6, 6.07) is 4.33. The van der Waals surface area contributed by atoms with Crippen molar-refractivity contribution in [2.24, 2.45) is 0 Å². The Balaban J connectivity index is 2.11. The van der Waals surface area contributed by atoms with Gasteiger partial charge in [0, 0.05) is 6.07 Å². The molecule has 0 radical (unpaired) electrons. The predicted molar refractivity (Wildman–Crippen MR) is 70.9 cm³/mol. The van der Waals surface area contributed by atoms with E-state index in [4.69, 9.17) is 14.2 Å². The molecule has 1 fully saturated rings. The number of benzene rings is 1. The molecule has 2 amide bonds. The van der Waals surface area contributed by atoms with Gasteiger partial charge in [-0.15, -0.1) is 0 Å². The highest BCUT2D eigenvalue weighted by atomic mass is 16.5. The second kappa shape index (κ2) is 6.25. The minimum absolute atomic E-state index is 0.0216. The van der Waals surface area contributed by atoms with E-state index >= 15 is 0 Å². The Hall–Kier alpha value is -2.28. The number of anilines is 1. The van der Waals surface area contributed by atoms with E-state index in [1.54, 1.807) is 18.2 Å². The normalized spacial score (nSPS) is 18.1. The molecule has 1 atom stereocenters. The molecule has 1 unspecified atom stereocenters. The summed E-state index contributed by atoms with van der Waals surface area (Å²) in [5.74, 6) is 0.408. The first-order valence-electron chi connectivity index (χ1n) is 6.04. The van der Waals surface area contributed by atoms with Gasteiger partial charge in [-0.05, 0) is 12.1 Å². The van der Waals surface area contributed by atoms with Crippen LogP contribution in [-0.2, 0) is 14.3 Å². The van der Waals surface area contributed by atoms with Gasteiger partial charge in [-0.3, -0.25) is 9.59 Å². The molecule has 1 aromatic carbocycles. The number of nitrogens with one attached hydrogen (secondary N) is 2. The summed E-state index contributed by atoms with van der Waals surface area (Å²) in [6.07, 6.45) is 0. The first-order valence-corrected chi connectivity index (χ1v) is 6.04. The van der Waals surface area contributed by atoms with Gasteiger partial charge in [-0.2, -0.15) is 0 Å². The van der Waals surface area contributed by atoms with E-state index in [0.29, 0.717) is 17.2 Å². The summed E-state index contributed by atoms with van der Waals surface area (Å²) in [4.78, 5) is 23.3. The van der Waals surface area contributed by atoms with Gasteiger partial charge >= 0.3 is 0 Å². The van der Waals surface area contributed by atoms with Gasteiger partial charge < -0.3 is 24.8 Å². The van der Waals surface area contributed by atoms with Gasteiger partial charge in [0.1, 0.15) is 24.1 Å². The minimum atomic E-state index is -0.716. The second-order valence-corrected chi connectivity index (χ2v) is 4.19. The fourth-order valence-electron chi connectivity index (χ4n) is 1.82. The number of ether oxygens (including phenoxy) is 3. The lowest BCUT2D eigenvalue weighted by Crippen LogP contribution is -2.51. The third-order valence-electron chi connectivity index (χ3n) is 2.83. The third kappa shape index (κ3) is 3.18. The van der Waals surface area contributed by atoms with Crippen LogP contribution < -0.4 is 20.1 Å². The van der Waals surface area contributed by atoms with E-state index in [1.807, 2.05) is 0 Å². The van der Waals surface area contributed by atoms with Crippen LogP contribution in [0.5, 0.6) is 11.5 Å². The smallest absolute Gasteiger partial charge is 0.249 e. The number of carbonyl (C=O) groups is 2. The highest BCUT2D eigenvalue weighted by Gasteiger charge is 2.26. The average molecular weight is 280 g/mol. The third-order valence-corrected chi connectivity index (χ3v) is 2.83. The fourth-order valence-corrected chi connectivity index (χ4v) is 1.82. The molecule has 1 heterocycles. The molecule has 1 saturated heterocycles. The molecule has 2 N–H and O–H groups in total. The van der Waals surface area contributed by atoms with Crippen molar-refractivity contribution in [1.29, 1.82) is 0 Å². The second-order valence-electron chi connectivity index (χ2n) is 4.19. The van der Waals surface area contributed by atoms with Crippen LogP contribution in [0.2, 0.25) is 0 Å². The van der Waals surface area contributed by atoms with Crippen molar-refractivity contribution in [3.8, 4) is 11.5 Å². The fraction of sp³-hybridized carbons (Fsp3) is 0.385. The van der Waals surface area contributed by atoms with Gasteiger partial charge in [0.05, 0.1) is 26.5 Å². The number of hydrogen-bond acceptors (Lipinski definition) is 5. The largest absolute Gasteiger partial charge is 0.497 e. The van der Waals surface area contributed by atoms with Crippen molar-refractivity contribution in [2.75, 3.05) is 32.8 Å². The first kappa shape index (κ1) is 14.1. The van der Waals surface area contributed by atoms with E-state index in [0.717, 1.165) is 0 Å². The molecule has 0 spiro atoms. The Kier molecular flexibility index (Phi) is 4.41. The molecule has 1 aromatic rings. The minimum Gasteiger partial charge on any atom is -0.497 e. The van der Waals surface area contributed by atoms with E-state index in [9.17, 15) is 9.59 Å². The average Bonchev–Trinajstić information content (AvgIpc) is 2.47. The highest BCUT2D eigenvalue weighted by molar-refractivity contribution is 5.99. The highest BCUT2D eigenvalue weighted by Crippen LogP contribution is 2.28. The van der Waals surface area contributed by atoms with Gasteiger partial charge in [-0.25, -0.2) is 0 Å². The molecule has 2 rings (SSSR count). The summed E-state index contributed by atoms with van der Waals surface area (Å²) in [7, 11) is 3.03. The maximum Gasteiger partial charge on any atom is 0.249 e. The van der Waals surface area contributed by atoms with Crippen LogP contribution in [-0.4, -0.2) is 45.3 Å². The molecule has 1 aliphatic rings. The van der Waals surface area contributed by atoms with Crippen LogP contribution in [0.3, 0.4) is 0 Å². The Morgan fingerprint density at radius 1 is 1.40 bits per heavy atom. The number of amides is 2. The van der Waals surface area contributed by atoms with Crippen LogP contribution in [0.4, 0.5) is 5.69 Å². The summed E-state index contributed by atoms with van der Waals surface area (Å²) < 4.78 is 15.3. The number of hydrogen-bond donors (Lipinski definition) is 2. The molecule has 1 aliphatic heterocycles. The number of rotatable bonds is 4. The summed E-state index contributed by atoms with van der Waals surface area (Å²) in [6.45, 7) is 0.121. The lowest BCUT2D eigenvalue weighted by atomic mass is 10.2. The Morgan fingerprint density at radius 2 is 2.20 bits per heavy atom. The van der Waals surface area contributed by atoms with Gasteiger partial charge in [-0.1, -0.05) is 0 Å².